The summed E-state index contributed by atoms with van der Waals surface area (Å²) < 4.78 is 5.91. The molecule has 3 aromatic rings. The van der Waals surface area contributed by atoms with Crippen LogP contribution in [-0.4, -0.2) is 35.9 Å². The van der Waals surface area contributed by atoms with Gasteiger partial charge < -0.3 is 15.0 Å². The predicted molar refractivity (Wildman–Crippen MR) is 146 cm³/mol. The fourth-order valence-corrected chi connectivity index (χ4v) is 4.41. The third-order valence-electron chi connectivity index (χ3n) is 5.86. The van der Waals surface area contributed by atoms with Crippen LogP contribution < -0.4 is 10.1 Å². The number of nitrogens with one attached hydrogen (secondary N) is 1. The second kappa shape index (κ2) is 13.3. The molecule has 0 saturated heterocycles. The summed E-state index contributed by atoms with van der Waals surface area (Å²) in [7, 11) is 0. The summed E-state index contributed by atoms with van der Waals surface area (Å²) >= 11 is 12.5. The number of nitrogens with zero attached hydrogens (tertiary/aromatic N) is 1. The van der Waals surface area contributed by atoms with Gasteiger partial charge in [0.05, 0.1) is 0 Å². The molecule has 5 nitrogen and oxygen atoms in total. The van der Waals surface area contributed by atoms with Crippen molar-refractivity contribution >= 4 is 35.0 Å². The predicted octanol–water partition coefficient (Wildman–Crippen LogP) is 6.16. The highest BCUT2D eigenvalue weighted by atomic mass is 35.5. The first-order chi connectivity index (χ1) is 17.3. The van der Waals surface area contributed by atoms with E-state index in [1.807, 2.05) is 69.3 Å². The molecule has 2 amide bonds. The van der Waals surface area contributed by atoms with Gasteiger partial charge in [0.25, 0.3) is 5.91 Å². The van der Waals surface area contributed by atoms with Crippen LogP contribution in [0.4, 0.5) is 0 Å². The van der Waals surface area contributed by atoms with Crippen molar-refractivity contribution in [2.45, 2.75) is 46.2 Å². The normalized spacial score (nSPS) is 11.6. The van der Waals surface area contributed by atoms with Gasteiger partial charge in [-0.1, -0.05) is 84.2 Å². The van der Waals surface area contributed by atoms with E-state index in [9.17, 15) is 9.59 Å². The monoisotopic (exact) mass is 526 g/mol. The van der Waals surface area contributed by atoms with Gasteiger partial charge in [0.1, 0.15) is 11.8 Å². The molecule has 0 aromatic heterocycles. The van der Waals surface area contributed by atoms with E-state index in [1.165, 1.54) is 0 Å². The Balaban J connectivity index is 1.93. The Morgan fingerprint density at radius 3 is 2.42 bits per heavy atom. The number of carbonyl (C=O) groups is 2. The van der Waals surface area contributed by atoms with E-state index in [1.54, 1.807) is 23.1 Å². The third kappa shape index (κ3) is 7.74. The Bertz CT molecular complexity index is 1180. The molecule has 0 aliphatic heterocycles. The molecule has 0 heterocycles. The number of hydrogen-bond acceptors (Lipinski definition) is 3. The summed E-state index contributed by atoms with van der Waals surface area (Å²) in [6, 6.07) is 19.8. The average Bonchev–Trinajstić information content (AvgIpc) is 2.85. The van der Waals surface area contributed by atoms with Crippen molar-refractivity contribution < 1.29 is 14.3 Å². The minimum absolute atomic E-state index is 0.141. The largest absolute Gasteiger partial charge is 0.483 e. The fraction of sp³-hybridized carbons (Fsp3) is 0.310. The highest BCUT2D eigenvalue weighted by Gasteiger charge is 2.31. The first-order valence-electron chi connectivity index (χ1n) is 12.0. The van der Waals surface area contributed by atoms with Crippen molar-refractivity contribution in [1.82, 2.24) is 10.2 Å². The molecule has 1 atom stereocenters. The molecule has 1 N–H and O–H groups in total. The quantitative estimate of drug-likeness (QED) is 0.325. The number of halogens is 2. The number of benzene rings is 3. The fourth-order valence-electron chi connectivity index (χ4n) is 3.94. The summed E-state index contributed by atoms with van der Waals surface area (Å²) in [5, 5.41) is 3.89. The molecular weight excluding hydrogens is 495 g/mol. The molecule has 0 radical (unpaired) electrons. The van der Waals surface area contributed by atoms with Crippen LogP contribution in [0.15, 0.2) is 66.7 Å². The van der Waals surface area contributed by atoms with Crippen molar-refractivity contribution in [1.29, 1.82) is 0 Å². The zero-order chi connectivity index (χ0) is 26.1. The number of carbonyl (C=O) groups excluding carboxylic acids is 2. The minimum Gasteiger partial charge on any atom is -0.483 e. The van der Waals surface area contributed by atoms with E-state index in [0.29, 0.717) is 34.3 Å². The van der Waals surface area contributed by atoms with Crippen LogP contribution in [0, 0.1) is 13.8 Å². The molecule has 0 saturated carbocycles. The SMILES string of the molecule is CCCNC(=O)C(Cc1ccccc1)N(Cc1ccc(Cl)cc1Cl)C(=O)COc1ccc(C)cc1C. The van der Waals surface area contributed by atoms with Crippen LogP contribution in [0.25, 0.3) is 0 Å². The van der Waals surface area contributed by atoms with E-state index in [4.69, 9.17) is 27.9 Å². The van der Waals surface area contributed by atoms with Crippen LogP contribution in [0.2, 0.25) is 10.0 Å². The first-order valence-corrected chi connectivity index (χ1v) is 12.8. The van der Waals surface area contributed by atoms with Gasteiger partial charge in [-0.2, -0.15) is 0 Å². The number of rotatable bonds is 11. The van der Waals surface area contributed by atoms with Crippen molar-refractivity contribution in [2.75, 3.05) is 13.2 Å². The summed E-state index contributed by atoms with van der Waals surface area (Å²) in [4.78, 5) is 28.5. The van der Waals surface area contributed by atoms with Gasteiger partial charge in [0.15, 0.2) is 6.61 Å². The highest BCUT2D eigenvalue weighted by molar-refractivity contribution is 6.35. The lowest BCUT2D eigenvalue weighted by Gasteiger charge is -2.32. The Morgan fingerprint density at radius 2 is 1.75 bits per heavy atom. The van der Waals surface area contributed by atoms with Crippen molar-refractivity contribution in [3.8, 4) is 5.75 Å². The van der Waals surface area contributed by atoms with E-state index in [2.05, 4.69) is 5.32 Å². The summed E-state index contributed by atoms with van der Waals surface area (Å²) in [6.07, 6.45) is 1.15. The van der Waals surface area contributed by atoms with Gasteiger partial charge in [-0.05, 0) is 55.2 Å². The van der Waals surface area contributed by atoms with Gasteiger partial charge >= 0.3 is 0 Å². The molecule has 36 heavy (non-hydrogen) atoms. The minimum atomic E-state index is -0.749. The summed E-state index contributed by atoms with van der Waals surface area (Å²) in [6.45, 7) is 6.38. The maximum atomic E-state index is 13.6. The van der Waals surface area contributed by atoms with E-state index >= 15 is 0 Å². The second-order valence-corrected chi connectivity index (χ2v) is 9.66. The lowest BCUT2D eigenvalue weighted by Crippen LogP contribution is -2.51. The Kier molecular flexibility index (Phi) is 10.2. The lowest BCUT2D eigenvalue weighted by atomic mass is 10.0. The summed E-state index contributed by atoms with van der Waals surface area (Å²) in [5.74, 6) is 0.104. The Morgan fingerprint density at radius 1 is 1.00 bits per heavy atom. The second-order valence-electron chi connectivity index (χ2n) is 8.81. The molecular formula is C29H32Cl2N2O3. The van der Waals surface area contributed by atoms with Crippen LogP contribution in [0.1, 0.15) is 35.6 Å². The number of ether oxygens (including phenoxy) is 1. The summed E-state index contributed by atoms with van der Waals surface area (Å²) in [5.41, 5.74) is 3.70. The number of hydrogen-bond donors (Lipinski definition) is 1. The van der Waals surface area contributed by atoms with Crippen LogP contribution in [-0.2, 0) is 22.6 Å². The molecule has 0 bridgehead atoms. The molecule has 0 spiro atoms. The Hall–Kier alpha value is -3.02. The standard InChI is InChI=1S/C29H32Cl2N2O3/c1-4-14-32-29(35)26(16-22-8-6-5-7-9-22)33(18-23-11-12-24(30)17-25(23)31)28(34)19-36-27-13-10-20(2)15-21(27)3/h5-13,15,17,26H,4,14,16,18-19H2,1-3H3,(H,32,35). The number of amides is 2. The Labute approximate surface area is 223 Å². The molecule has 190 valence electrons. The van der Waals surface area contributed by atoms with Gasteiger partial charge in [0, 0.05) is 29.6 Å². The van der Waals surface area contributed by atoms with Crippen molar-refractivity contribution in [2.24, 2.45) is 0 Å². The molecule has 3 aromatic carbocycles. The van der Waals surface area contributed by atoms with E-state index in [-0.39, 0.29) is 25.0 Å². The number of aryl methyl sites for hydroxylation is 2. The smallest absolute Gasteiger partial charge is 0.261 e. The van der Waals surface area contributed by atoms with Crippen molar-refractivity contribution in [3.05, 3.63) is 99.0 Å². The zero-order valence-corrected chi connectivity index (χ0v) is 22.4. The van der Waals surface area contributed by atoms with Crippen LogP contribution in [0.5, 0.6) is 5.75 Å². The van der Waals surface area contributed by atoms with Gasteiger partial charge in [-0.3, -0.25) is 9.59 Å². The van der Waals surface area contributed by atoms with Crippen molar-refractivity contribution in [3.63, 3.8) is 0 Å². The molecule has 0 fully saturated rings. The molecule has 0 aliphatic carbocycles. The average molecular weight is 527 g/mol. The molecule has 1 unspecified atom stereocenters. The van der Waals surface area contributed by atoms with Gasteiger partial charge in [-0.25, -0.2) is 0 Å². The zero-order valence-electron chi connectivity index (χ0n) is 20.9. The molecule has 3 rings (SSSR count). The van der Waals surface area contributed by atoms with E-state index in [0.717, 1.165) is 23.1 Å². The molecule has 7 heteroatoms. The van der Waals surface area contributed by atoms with Crippen LogP contribution in [0.3, 0.4) is 0 Å². The topological polar surface area (TPSA) is 58.6 Å². The van der Waals surface area contributed by atoms with Gasteiger partial charge in [0.2, 0.25) is 5.91 Å². The maximum Gasteiger partial charge on any atom is 0.261 e. The third-order valence-corrected chi connectivity index (χ3v) is 6.44. The van der Waals surface area contributed by atoms with E-state index < -0.39 is 6.04 Å². The molecule has 0 aliphatic rings. The lowest BCUT2D eigenvalue weighted by molar-refractivity contribution is -0.142. The highest BCUT2D eigenvalue weighted by Crippen LogP contribution is 2.25. The first kappa shape index (κ1) is 27.6. The van der Waals surface area contributed by atoms with Crippen LogP contribution >= 0.6 is 23.2 Å². The maximum absolute atomic E-state index is 13.6. The van der Waals surface area contributed by atoms with Gasteiger partial charge in [-0.15, -0.1) is 0 Å².